The largest absolute Gasteiger partial charge is 0.497 e. The van der Waals surface area contributed by atoms with Crippen molar-refractivity contribution in [3.63, 3.8) is 0 Å². The molecule has 3 rings (SSSR count). The van der Waals surface area contributed by atoms with Crippen LogP contribution in [0.1, 0.15) is 24.2 Å². The van der Waals surface area contributed by atoms with Gasteiger partial charge in [-0.05, 0) is 43.2 Å². The Hall–Kier alpha value is -3.42. The molecule has 0 bridgehead atoms. The average molecular weight is 366 g/mol. The van der Waals surface area contributed by atoms with Gasteiger partial charge in [0.25, 0.3) is 0 Å². The van der Waals surface area contributed by atoms with Crippen LogP contribution in [-0.4, -0.2) is 35.1 Å². The lowest BCUT2D eigenvalue weighted by Crippen LogP contribution is -2.25. The van der Waals surface area contributed by atoms with Gasteiger partial charge in [-0.15, -0.1) is 0 Å². The van der Waals surface area contributed by atoms with Gasteiger partial charge in [0.05, 0.1) is 25.3 Å². The number of amides is 1. The van der Waals surface area contributed by atoms with Crippen molar-refractivity contribution in [2.45, 2.75) is 19.3 Å². The third-order valence-corrected chi connectivity index (χ3v) is 4.01. The van der Waals surface area contributed by atoms with Crippen LogP contribution in [0, 0.1) is 0 Å². The van der Waals surface area contributed by atoms with Crippen LogP contribution in [0.25, 0.3) is 0 Å². The van der Waals surface area contributed by atoms with E-state index >= 15 is 0 Å². The second-order valence-corrected chi connectivity index (χ2v) is 5.76. The van der Waals surface area contributed by atoms with Crippen LogP contribution in [0.3, 0.4) is 0 Å². The standard InChI is InChI=1S/C19H21N5O3/c1-3-27-17-7-5-4-6-16(17)20-19(25)15(18-21-23-24-22-18)12-13-8-10-14(26-2)11-9-13/h4-11,15H,3,12H2,1-2H3,(H2,20,21,22,23,24,25)/p-1/t15-/m0/s1. The number of hydrogen-bond donors (Lipinski definition) is 1. The molecule has 1 amide bonds. The highest BCUT2D eigenvalue weighted by Crippen LogP contribution is 2.26. The molecule has 0 saturated carbocycles. The van der Waals surface area contributed by atoms with E-state index in [-0.39, 0.29) is 11.7 Å². The molecule has 0 unspecified atom stereocenters. The van der Waals surface area contributed by atoms with Gasteiger partial charge in [0.15, 0.2) is 0 Å². The van der Waals surface area contributed by atoms with E-state index in [9.17, 15) is 4.79 Å². The van der Waals surface area contributed by atoms with E-state index in [0.29, 0.717) is 24.5 Å². The molecular weight excluding hydrogens is 346 g/mol. The first-order valence-electron chi connectivity index (χ1n) is 8.55. The first kappa shape index (κ1) is 18.4. The van der Waals surface area contributed by atoms with E-state index in [1.165, 1.54) is 0 Å². The molecule has 0 radical (unpaired) electrons. The normalized spacial score (nSPS) is 11.6. The van der Waals surface area contributed by atoms with Crippen molar-refractivity contribution >= 4 is 11.6 Å². The van der Waals surface area contributed by atoms with E-state index in [4.69, 9.17) is 9.47 Å². The van der Waals surface area contributed by atoms with Crippen LogP contribution in [0.4, 0.5) is 5.69 Å². The summed E-state index contributed by atoms with van der Waals surface area (Å²) in [6.07, 6.45) is 0.403. The summed E-state index contributed by atoms with van der Waals surface area (Å²) >= 11 is 0. The molecule has 8 heteroatoms. The molecule has 0 aliphatic carbocycles. The zero-order valence-electron chi connectivity index (χ0n) is 15.1. The highest BCUT2D eigenvalue weighted by Gasteiger charge is 2.22. The minimum atomic E-state index is -0.636. The average Bonchev–Trinajstić information content (AvgIpc) is 3.22. The highest BCUT2D eigenvalue weighted by atomic mass is 16.5. The number of nitrogens with zero attached hydrogens (tertiary/aromatic N) is 4. The van der Waals surface area contributed by atoms with Crippen molar-refractivity contribution in [3.05, 3.63) is 59.9 Å². The Morgan fingerprint density at radius 1 is 1.19 bits per heavy atom. The molecular formula is C19H20N5O3-. The van der Waals surface area contributed by atoms with E-state index < -0.39 is 5.92 Å². The Morgan fingerprint density at radius 3 is 2.63 bits per heavy atom. The second kappa shape index (κ2) is 8.79. The topological polar surface area (TPSA) is 100 Å². The third-order valence-electron chi connectivity index (χ3n) is 4.01. The number of aromatic nitrogens is 4. The number of tetrazole rings is 1. The van der Waals surface area contributed by atoms with Crippen molar-refractivity contribution in [3.8, 4) is 11.5 Å². The van der Waals surface area contributed by atoms with Gasteiger partial charge >= 0.3 is 0 Å². The number of ether oxygens (including phenoxy) is 2. The van der Waals surface area contributed by atoms with Crippen LogP contribution in [-0.2, 0) is 11.2 Å². The molecule has 0 fully saturated rings. The van der Waals surface area contributed by atoms with Crippen molar-refractivity contribution in [2.24, 2.45) is 0 Å². The molecule has 1 aromatic heterocycles. The number of benzene rings is 2. The van der Waals surface area contributed by atoms with Crippen molar-refractivity contribution in [1.29, 1.82) is 0 Å². The zero-order chi connectivity index (χ0) is 19.1. The molecule has 0 spiro atoms. The number of nitrogens with one attached hydrogen (secondary N) is 1. The predicted molar refractivity (Wildman–Crippen MR) is 98.8 cm³/mol. The molecule has 3 aromatic rings. The number of anilines is 1. The molecule has 27 heavy (non-hydrogen) atoms. The first-order chi connectivity index (χ1) is 13.2. The lowest BCUT2D eigenvalue weighted by molar-refractivity contribution is -0.117. The monoisotopic (exact) mass is 366 g/mol. The molecule has 0 aliphatic heterocycles. The molecule has 1 atom stereocenters. The number of carbonyl (C=O) groups is 1. The van der Waals surface area contributed by atoms with Gasteiger partial charge in [-0.1, -0.05) is 24.3 Å². The van der Waals surface area contributed by atoms with Gasteiger partial charge in [0.1, 0.15) is 11.5 Å². The highest BCUT2D eigenvalue weighted by molar-refractivity contribution is 5.96. The van der Waals surface area contributed by atoms with Crippen LogP contribution in [0.5, 0.6) is 11.5 Å². The Kier molecular flexibility index (Phi) is 5.98. The maximum absolute atomic E-state index is 13.0. The van der Waals surface area contributed by atoms with Gasteiger partial charge in [-0.25, -0.2) is 0 Å². The van der Waals surface area contributed by atoms with E-state index in [1.807, 2.05) is 43.3 Å². The zero-order valence-corrected chi connectivity index (χ0v) is 15.1. The van der Waals surface area contributed by atoms with Crippen molar-refractivity contribution in [1.82, 2.24) is 20.6 Å². The summed E-state index contributed by atoms with van der Waals surface area (Å²) in [6, 6.07) is 14.8. The van der Waals surface area contributed by atoms with Gasteiger partial charge in [0.2, 0.25) is 5.91 Å². The fourth-order valence-electron chi connectivity index (χ4n) is 2.66. The van der Waals surface area contributed by atoms with Gasteiger partial charge in [-0.3, -0.25) is 15.1 Å². The molecule has 8 nitrogen and oxygen atoms in total. The van der Waals surface area contributed by atoms with Crippen LogP contribution < -0.4 is 19.9 Å². The van der Waals surface area contributed by atoms with E-state index in [0.717, 1.165) is 11.3 Å². The summed E-state index contributed by atoms with van der Waals surface area (Å²) < 4.78 is 10.7. The minimum absolute atomic E-state index is 0.257. The van der Waals surface area contributed by atoms with Gasteiger partial charge < -0.3 is 19.9 Å². The first-order valence-corrected chi connectivity index (χ1v) is 8.55. The maximum Gasteiger partial charge on any atom is 0.232 e. The summed E-state index contributed by atoms with van der Waals surface area (Å²) in [7, 11) is 1.61. The second-order valence-electron chi connectivity index (χ2n) is 5.76. The Morgan fingerprint density at radius 2 is 1.96 bits per heavy atom. The number of rotatable bonds is 8. The summed E-state index contributed by atoms with van der Waals surface area (Å²) in [5.74, 6) is 0.738. The van der Waals surface area contributed by atoms with Gasteiger partial charge in [-0.2, -0.15) is 5.21 Å². The molecule has 1 heterocycles. The van der Waals surface area contributed by atoms with E-state index in [1.54, 1.807) is 19.2 Å². The molecule has 0 aliphatic rings. The Balaban J connectivity index is 1.81. The number of para-hydroxylation sites is 2. The number of hydrogen-bond acceptors (Lipinski definition) is 6. The Labute approximate surface area is 156 Å². The number of carbonyl (C=O) groups excluding carboxylic acids is 1. The predicted octanol–water partition coefficient (Wildman–Crippen LogP) is 2.20. The summed E-state index contributed by atoms with van der Waals surface area (Å²) in [4.78, 5) is 13.0. The van der Waals surface area contributed by atoms with Crippen LogP contribution in [0.15, 0.2) is 48.5 Å². The summed E-state index contributed by atoms with van der Waals surface area (Å²) in [5.41, 5.74) is 1.54. The van der Waals surface area contributed by atoms with E-state index in [2.05, 4.69) is 25.9 Å². The molecule has 1 N–H and O–H groups in total. The van der Waals surface area contributed by atoms with Crippen LogP contribution in [0.2, 0.25) is 0 Å². The smallest absolute Gasteiger partial charge is 0.232 e. The fourth-order valence-corrected chi connectivity index (χ4v) is 2.66. The SMILES string of the molecule is CCOc1ccccc1NC(=O)[C@@H](Cc1ccc(OC)cc1)c1nnn[n-]1. The lowest BCUT2D eigenvalue weighted by atomic mass is 9.97. The van der Waals surface area contributed by atoms with Crippen LogP contribution >= 0.6 is 0 Å². The number of methoxy groups -OCH3 is 1. The third kappa shape index (κ3) is 4.60. The summed E-state index contributed by atoms with van der Waals surface area (Å²) in [5, 5.41) is 17.7. The van der Waals surface area contributed by atoms with Gasteiger partial charge in [0, 0.05) is 5.82 Å². The molecule has 140 valence electrons. The molecule has 2 aromatic carbocycles. The quantitative estimate of drug-likeness (QED) is 0.652. The maximum atomic E-state index is 13.0. The Bertz CT molecular complexity index is 865. The molecule has 0 saturated heterocycles. The minimum Gasteiger partial charge on any atom is -0.497 e. The summed E-state index contributed by atoms with van der Waals surface area (Å²) in [6.45, 7) is 2.39. The fraction of sp³-hybridized carbons (Fsp3) is 0.263. The lowest BCUT2D eigenvalue weighted by Gasteiger charge is -2.18. The van der Waals surface area contributed by atoms with Crippen molar-refractivity contribution in [2.75, 3.05) is 19.0 Å². The van der Waals surface area contributed by atoms with Crippen molar-refractivity contribution < 1.29 is 14.3 Å².